The van der Waals surface area contributed by atoms with E-state index in [1.54, 1.807) is 0 Å². The van der Waals surface area contributed by atoms with Crippen LogP contribution in [0.5, 0.6) is 0 Å². The fraction of sp³-hybridized carbons (Fsp3) is 0.941. The standard InChI is InChI=1S/C17H35/c1-4-7-8-9-10-11-12-13-16-17(14-5-2)15-6-3/h17H,2,4-16H2,1,3H3. The van der Waals surface area contributed by atoms with Crippen LogP contribution in [0.25, 0.3) is 0 Å². The first-order valence-electron chi connectivity index (χ1n) is 8.14. The van der Waals surface area contributed by atoms with Gasteiger partial charge in [-0.15, -0.1) is 0 Å². The van der Waals surface area contributed by atoms with E-state index in [1.807, 2.05) is 0 Å². The summed E-state index contributed by atoms with van der Waals surface area (Å²) in [6.07, 6.45) is 18.3. The van der Waals surface area contributed by atoms with Crippen LogP contribution in [0.2, 0.25) is 0 Å². The first-order valence-corrected chi connectivity index (χ1v) is 8.14. The van der Waals surface area contributed by atoms with Crippen LogP contribution >= 0.6 is 0 Å². The summed E-state index contributed by atoms with van der Waals surface area (Å²) in [5.74, 6) is 0.970. The molecule has 0 aromatic rings. The Hall–Kier alpha value is 0. The molecule has 0 bridgehead atoms. The molecule has 1 unspecified atom stereocenters. The lowest BCUT2D eigenvalue weighted by molar-refractivity contribution is 0.396. The van der Waals surface area contributed by atoms with Crippen molar-refractivity contribution in [2.45, 2.75) is 97.3 Å². The topological polar surface area (TPSA) is 0 Å². The summed E-state index contributed by atoms with van der Waals surface area (Å²) >= 11 is 0. The van der Waals surface area contributed by atoms with Crippen molar-refractivity contribution in [2.75, 3.05) is 0 Å². The molecule has 1 radical (unpaired) electrons. The highest BCUT2D eigenvalue weighted by Gasteiger charge is 2.05. The van der Waals surface area contributed by atoms with E-state index in [4.69, 9.17) is 0 Å². The van der Waals surface area contributed by atoms with Gasteiger partial charge in [-0.3, -0.25) is 0 Å². The van der Waals surface area contributed by atoms with Crippen molar-refractivity contribution in [1.82, 2.24) is 0 Å². The second-order valence-electron chi connectivity index (χ2n) is 5.56. The van der Waals surface area contributed by atoms with E-state index < -0.39 is 0 Å². The average molecular weight is 239 g/mol. The number of hydrogen-bond acceptors (Lipinski definition) is 0. The van der Waals surface area contributed by atoms with Gasteiger partial charge in [0.05, 0.1) is 0 Å². The summed E-state index contributed by atoms with van der Waals surface area (Å²) in [4.78, 5) is 0. The quantitative estimate of drug-likeness (QED) is 0.320. The molecule has 0 rings (SSSR count). The molecule has 0 spiro atoms. The van der Waals surface area contributed by atoms with Crippen LogP contribution in [0.4, 0.5) is 0 Å². The Kier molecular flexibility index (Phi) is 14.1. The highest BCUT2D eigenvalue weighted by atomic mass is 14.1. The third-order valence-electron chi connectivity index (χ3n) is 3.78. The van der Waals surface area contributed by atoms with Crippen LogP contribution in [0, 0.1) is 12.8 Å². The third kappa shape index (κ3) is 12.2. The summed E-state index contributed by atoms with van der Waals surface area (Å²) in [7, 11) is 0. The molecule has 0 aromatic carbocycles. The molecule has 0 heterocycles. The first-order chi connectivity index (χ1) is 8.35. The first kappa shape index (κ1) is 17.0. The molecule has 0 aliphatic rings. The number of unbranched alkanes of at least 4 members (excludes halogenated alkanes) is 7. The molecule has 103 valence electrons. The highest BCUT2D eigenvalue weighted by Crippen LogP contribution is 2.21. The van der Waals surface area contributed by atoms with E-state index in [2.05, 4.69) is 20.8 Å². The van der Waals surface area contributed by atoms with Gasteiger partial charge in [-0.25, -0.2) is 0 Å². The molecule has 0 nitrogen and oxygen atoms in total. The van der Waals surface area contributed by atoms with Gasteiger partial charge in [0.15, 0.2) is 0 Å². The van der Waals surface area contributed by atoms with Gasteiger partial charge in [0.25, 0.3) is 0 Å². The Morgan fingerprint density at radius 1 is 0.647 bits per heavy atom. The van der Waals surface area contributed by atoms with Crippen molar-refractivity contribution in [3.05, 3.63) is 6.92 Å². The highest BCUT2D eigenvalue weighted by molar-refractivity contribution is 4.60. The molecule has 1 atom stereocenters. The zero-order valence-corrected chi connectivity index (χ0v) is 12.5. The van der Waals surface area contributed by atoms with Crippen LogP contribution in [-0.2, 0) is 0 Å². The number of hydrogen-bond donors (Lipinski definition) is 0. The molecule has 0 aliphatic heterocycles. The molecule has 0 saturated carbocycles. The minimum Gasteiger partial charge on any atom is -0.0654 e. The van der Waals surface area contributed by atoms with Crippen LogP contribution < -0.4 is 0 Å². The summed E-state index contributed by atoms with van der Waals surface area (Å²) < 4.78 is 0. The molecule has 0 amide bonds. The minimum atomic E-state index is 0.970. The molecule has 0 saturated heterocycles. The fourth-order valence-corrected chi connectivity index (χ4v) is 2.70. The van der Waals surface area contributed by atoms with Crippen LogP contribution in [0.15, 0.2) is 0 Å². The van der Waals surface area contributed by atoms with E-state index in [9.17, 15) is 0 Å². The van der Waals surface area contributed by atoms with Crippen molar-refractivity contribution >= 4 is 0 Å². The van der Waals surface area contributed by atoms with Crippen molar-refractivity contribution < 1.29 is 0 Å². The van der Waals surface area contributed by atoms with Crippen molar-refractivity contribution in [3.63, 3.8) is 0 Å². The predicted octanol–water partition coefficient (Wildman–Crippen LogP) is 6.55. The molecular weight excluding hydrogens is 204 g/mol. The third-order valence-corrected chi connectivity index (χ3v) is 3.78. The average Bonchev–Trinajstić information content (AvgIpc) is 2.33. The van der Waals surface area contributed by atoms with Crippen molar-refractivity contribution in [3.8, 4) is 0 Å². The maximum atomic E-state index is 3.99. The molecular formula is C17H35. The largest absolute Gasteiger partial charge is 0.0654 e. The summed E-state index contributed by atoms with van der Waals surface area (Å²) in [6, 6.07) is 0. The van der Waals surface area contributed by atoms with Gasteiger partial charge in [-0.2, -0.15) is 0 Å². The SMILES string of the molecule is [CH2]CCC(CCC)CCCCCCCCCC. The lowest BCUT2D eigenvalue weighted by Crippen LogP contribution is -1.99. The van der Waals surface area contributed by atoms with Crippen molar-refractivity contribution in [1.29, 1.82) is 0 Å². The summed E-state index contributed by atoms with van der Waals surface area (Å²) in [5.41, 5.74) is 0. The van der Waals surface area contributed by atoms with E-state index in [1.165, 1.54) is 77.0 Å². The van der Waals surface area contributed by atoms with Crippen molar-refractivity contribution in [2.24, 2.45) is 5.92 Å². The van der Waals surface area contributed by atoms with Gasteiger partial charge in [0, 0.05) is 0 Å². The molecule has 0 heteroatoms. The van der Waals surface area contributed by atoms with Gasteiger partial charge in [-0.1, -0.05) is 104 Å². The zero-order valence-electron chi connectivity index (χ0n) is 12.5. The Morgan fingerprint density at radius 3 is 1.76 bits per heavy atom. The molecule has 0 aromatic heterocycles. The van der Waals surface area contributed by atoms with Crippen LogP contribution in [-0.4, -0.2) is 0 Å². The second-order valence-corrected chi connectivity index (χ2v) is 5.56. The normalized spacial score (nSPS) is 11.3. The number of rotatable bonds is 13. The Balaban J connectivity index is 3.23. The maximum absolute atomic E-state index is 3.99. The molecule has 0 N–H and O–H groups in total. The fourth-order valence-electron chi connectivity index (χ4n) is 2.70. The molecule has 17 heavy (non-hydrogen) atoms. The second kappa shape index (κ2) is 14.1. The van der Waals surface area contributed by atoms with Gasteiger partial charge in [-0.05, 0) is 5.92 Å². The smallest absolute Gasteiger partial charge is 0.0414 e. The van der Waals surface area contributed by atoms with Gasteiger partial charge < -0.3 is 0 Å². The maximum Gasteiger partial charge on any atom is -0.0414 e. The molecule has 0 aliphatic carbocycles. The van der Waals surface area contributed by atoms with Gasteiger partial charge >= 0.3 is 0 Å². The van der Waals surface area contributed by atoms with Crippen LogP contribution in [0.3, 0.4) is 0 Å². The van der Waals surface area contributed by atoms with Crippen LogP contribution in [0.1, 0.15) is 97.3 Å². The lowest BCUT2D eigenvalue weighted by Gasteiger charge is -2.14. The molecule has 0 fully saturated rings. The Morgan fingerprint density at radius 2 is 1.24 bits per heavy atom. The predicted molar refractivity (Wildman–Crippen MR) is 80.2 cm³/mol. The summed E-state index contributed by atoms with van der Waals surface area (Å²) in [5, 5.41) is 0. The Labute approximate surface area is 111 Å². The summed E-state index contributed by atoms with van der Waals surface area (Å²) in [6.45, 7) is 8.59. The van der Waals surface area contributed by atoms with Gasteiger partial charge in [0.2, 0.25) is 0 Å². The van der Waals surface area contributed by atoms with E-state index >= 15 is 0 Å². The van der Waals surface area contributed by atoms with E-state index in [0.717, 1.165) is 12.3 Å². The van der Waals surface area contributed by atoms with E-state index in [0.29, 0.717) is 0 Å². The van der Waals surface area contributed by atoms with E-state index in [-0.39, 0.29) is 0 Å². The monoisotopic (exact) mass is 239 g/mol. The van der Waals surface area contributed by atoms with Gasteiger partial charge in [0.1, 0.15) is 0 Å². The zero-order chi connectivity index (χ0) is 12.8. The lowest BCUT2D eigenvalue weighted by atomic mass is 9.92. The Bertz CT molecular complexity index is 122. The minimum absolute atomic E-state index is 0.970.